The maximum Gasteiger partial charge on any atom is 0.126 e. The molecule has 0 spiro atoms. The van der Waals surface area contributed by atoms with Gasteiger partial charge in [-0.2, -0.15) is 5.10 Å². The van der Waals surface area contributed by atoms with Crippen LogP contribution in [0.4, 0.5) is 5.82 Å². The van der Waals surface area contributed by atoms with Gasteiger partial charge in [0.25, 0.3) is 0 Å². The molecule has 1 aromatic rings. The second kappa shape index (κ2) is 5.71. The van der Waals surface area contributed by atoms with Crippen LogP contribution in [0, 0.1) is 11.8 Å². The largest absolute Gasteiger partial charge is 0.384 e. The molecule has 102 valence electrons. The maximum atomic E-state index is 6.04. The predicted molar refractivity (Wildman–Crippen MR) is 73.4 cm³/mol. The lowest BCUT2D eigenvalue weighted by Crippen LogP contribution is -2.35. The highest BCUT2D eigenvalue weighted by Crippen LogP contribution is 2.38. The van der Waals surface area contributed by atoms with Gasteiger partial charge in [0, 0.05) is 12.6 Å². The number of anilines is 1. The molecule has 5 N–H and O–H groups in total. The summed E-state index contributed by atoms with van der Waals surface area (Å²) in [6.45, 7) is 2.28. The van der Waals surface area contributed by atoms with Crippen molar-refractivity contribution >= 4 is 5.82 Å². The lowest BCUT2D eigenvalue weighted by Gasteiger charge is -2.33. The molecule has 1 aliphatic rings. The summed E-state index contributed by atoms with van der Waals surface area (Å²) in [5.41, 5.74) is 10.0. The number of nitrogens with zero attached hydrogens (tertiary/aromatic N) is 2. The fraction of sp³-hybridized carbons (Fsp3) is 0.769. The summed E-state index contributed by atoms with van der Waals surface area (Å²) in [5.74, 6) is 7.92. The van der Waals surface area contributed by atoms with Gasteiger partial charge >= 0.3 is 0 Å². The Morgan fingerprint density at radius 1 is 1.44 bits per heavy atom. The molecule has 5 nitrogen and oxygen atoms in total. The second-order valence-corrected chi connectivity index (χ2v) is 5.44. The van der Waals surface area contributed by atoms with Crippen LogP contribution in [-0.2, 0) is 7.05 Å². The third kappa shape index (κ3) is 2.52. The van der Waals surface area contributed by atoms with E-state index in [1.54, 1.807) is 4.68 Å². The molecule has 5 heteroatoms. The summed E-state index contributed by atoms with van der Waals surface area (Å²) in [4.78, 5) is 0. The predicted octanol–water partition coefficient (Wildman–Crippen LogP) is 1.72. The molecule has 2 rings (SSSR count). The summed E-state index contributed by atoms with van der Waals surface area (Å²) in [5, 5.41) is 4.21. The van der Waals surface area contributed by atoms with Crippen molar-refractivity contribution in [2.75, 3.05) is 5.73 Å². The number of hydrazine groups is 1. The SMILES string of the molecule is CCC1CCC(C(NN)c2cnn(C)c2N)CC1. The fourth-order valence-corrected chi connectivity index (χ4v) is 3.11. The molecule has 0 bridgehead atoms. The van der Waals surface area contributed by atoms with Crippen LogP contribution in [0.25, 0.3) is 0 Å². The summed E-state index contributed by atoms with van der Waals surface area (Å²) >= 11 is 0. The highest BCUT2D eigenvalue weighted by atomic mass is 15.3. The molecular weight excluding hydrogens is 226 g/mol. The molecule has 18 heavy (non-hydrogen) atoms. The zero-order valence-corrected chi connectivity index (χ0v) is 11.4. The van der Waals surface area contributed by atoms with Crippen molar-refractivity contribution in [3.63, 3.8) is 0 Å². The minimum absolute atomic E-state index is 0.136. The fourth-order valence-electron chi connectivity index (χ4n) is 3.11. The van der Waals surface area contributed by atoms with Gasteiger partial charge in [0.1, 0.15) is 5.82 Å². The molecule has 0 aromatic carbocycles. The van der Waals surface area contributed by atoms with Gasteiger partial charge in [-0.05, 0) is 24.7 Å². The van der Waals surface area contributed by atoms with Crippen LogP contribution in [0.1, 0.15) is 50.6 Å². The third-order valence-corrected chi connectivity index (χ3v) is 4.47. The van der Waals surface area contributed by atoms with E-state index in [9.17, 15) is 0 Å². The molecule has 0 amide bonds. The maximum absolute atomic E-state index is 6.04. The van der Waals surface area contributed by atoms with E-state index in [-0.39, 0.29) is 6.04 Å². The number of hydrogen-bond acceptors (Lipinski definition) is 4. The molecule has 1 heterocycles. The van der Waals surface area contributed by atoms with E-state index >= 15 is 0 Å². The molecule has 1 aromatic heterocycles. The number of aromatic nitrogens is 2. The smallest absolute Gasteiger partial charge is 0.126 e. The van der Waals surface area contributed by atoms with Gasteiger partial charge in [-0.25, -0.2) is 0 Å². The average Bonchev–Trinajstić information content (AvgIpc) is 2.73. The Kier molecular flexibility index (Phi) is 4.24. The van der Waals surface area contributed by atoms with Gasteiger partial charge in [0.05, 0.1) is 12.2 Å². The standard InChI is InChI=1S/C13H25N5/c1-3-9-4-6-10(7-5-9)12(17-15)11-8-16-18(2)13(11)14/h8-10,12,17H,3-7,14-15H2,1-2H3. The summed E-state index contributed by atoms with van der Waals surface area (Å²) in [6, 6.07) is 0.136. The molecule has 1 unspecified atom stereocenters. The second-order valence-electron chi connectivity index (χ2n) is 5.44. The van der Waals surface area contributed by atoms with E-state index in [2.05, 4.69) is 17.4 Å². The number of aryl methyl sites for hydroxylation is 1. The van der Waals surface area contributed by atoms with Crippen molar-refractivity contribution in [3.8, 4) is 0 Å². The summed E-state index contributed by atoms with van der Waals surface area (Å²) in [6.07, 6.45) is 8.19. The average molecular weight is 251 g/mol. The Bertz CT molecular complexity index is 379. The number of nitrogens with one attached hydrogen (secondary N) is 1. The van der Waals surface area contributed by atoms with Crippen molar-refractivity contribution in [1.82, 2.24) is 15.2 Å². The minimum atomic E-state index is 0.136. The third-order valence-electron chi connectivity index (χ3n) is 4.47. The molecule has 1 fully saturated rings. The van der Waals surface area contributed by atoms with Gasteiger partial charge in [0.15, 0.2) is 0 Å². The quantitative estimate of drug-likeness (QED) is 0.562. The van der Waals surface area contributed by atoms with Crippen molar-refractivity contribution in [2.45, 2.75) is 45.1 Å². The van der Waals surface area contributed by atoms with Crippen LogP contribution in [0.3, 0.4) is 0 Å². The Hall–Kier alpha value is -1.07. The van der Waals surface area contributed by atoms with Crippen molar-refractivity contribution < 1.29 is 0 Å². The van der Waals surface area contributed by atoms with Gasteiger partial charge in [-0.15, -0.1) is 0 Å². The van der Waals surface area contributed by atoms with Gasteiger partial charge in [-0.1, -0.05) is 26.2 Å². The first-order valence-corrected chi connectivity index (χ1v) is 6.90. The topological polar surface area (TPSA) is 81.9 Å². The number of nitrogen functional groups attached to an aromatic ring is 1. The minimum Gasteiger partial charge on any atom is -0.384 e. The van der Waals surface area contributed by atoms with E-state index < -0.39 is 0 Å². The monoisotopic (exact) mass is 251 g/mol. The van der Waals surface area contributed by atoms with E-state index in [0.717, 1.165) is 17.3 Å². The van der Waals surface area contributed by atoms with E-state index in [0.29, 0.717) is 5.92 Å². The number of nitrogens with two attached hydrogens (primary N) is 2. The lowest BCUT2D eigenvalue weighted by atomic mass is 9.76. The molecule has 0 aliphatic heterocycles. The van der Waals surface area contributed by atoms with Gasteiger partial charge < -0.3 is 5.73 Å². The Morgan fingerprint density at radius 2 is 2.11 bits per heavy atom. The van der Waals surface area contributed by atoms with Crippen LogP contribution in [0.5, 0.6) is 0 Å². The van der Waals surface area contributed by atoms with Crippen LogP contribution in [-0.4, -0.2) is 9.78 Å². The summed E-state index contributed by atoms with van der Waals surface area (Å²) in [7, 11) is 1.86. The van der Waals surface area contributed by atoms with E-state index in [4.69, 9.17) is 11.6 Å². The summed E-state index contributed by atoms with van der Waals surface area (Å²) < 4.78 is 1.71. The van der Waals surface area contributed by atoms with Crippen molar-refractivity contribution in [2.24, 2.45) is 24.7 Å². The number of hydrogen-bond donors (Lipinski definition) is 3. The Morgan fingerprint density at radius 3 is 2.56 bits per heavy atom. The van der Waals surface area contributed by atoms with Crippen molar-refractivity contribution in [3.05, 3.63) is 11.8 Å². The molecular formula is C13H25N5. The van der Waals surface area contributed by atoms with Crippen molar-refractivity contribution in [1.29, 1.82) is 0 Å². The van der Waals surface area contributed by atoms with E-state index in [1.165, 1.54) is 32.1 Å². The van der Waals surface area contributed by atoms with E-state index in [1.807, 2.05) is 13.2 Å². The zero-order chi connectivity index (χ0) is 13.1. The normalized spacial score (nSPS) is 26.2. The number of rotatable bonds is 4. The first kappa shape index (κ1) is 13.4. The highest BCUT2D eigenvalue weighted by molar-refractivity contribution is 5.41. The molecule has 0 radical (unpaired) electrons. The van der Waals surface area contributed by atoms with Gasteiger partial charge in [-0.3, -0.25) is 16.0 Å². The molecule has 0 saturated heterocycles. The van der Waals surface area contributed by atoms with Crippen LogP contribution < -0.4 is 17.0 Å². The van der Waals surface area contributed by atoms with Crippen LogP contribution in [0.2, 0.25) is 0 Å². The lowest BCUT2D eigenvalue weighted by molar-refractivity contribution is 0.220. The van der Waals surface area contributed by atoms with Crippen LogP contribution in [0.15, 0.2) is 6.20 Å². The first-order chi connectivity index (χ1) is 8.67. The zero-order valence-electron chi connectivity index (χ0n) is 11.4. The molecule has 1 saturated carbocycles. The van der Waals surface area contributed by atoms with Gasteiger partial charge in [0.2, 0.25) is 0 Å². The highest BCUT2D eigenvalue weighted by Gasteiger charge is 2.29. The van der Waals surface area contributed by atoms with Crippen LogP contribution >= 0.6 is 0 Å². The Labute approximate surface area is 109 Å². The Balaban J connectivity index is 2.08. The molecule has 1 aliphatic carbocycles. The first-order valence-electron chi connectivity index (χ1n) is 6.90. The molecule has 1 atom stereocenters.